The molecule has 2 aliphatic rings. The summed E-state index contributed by atoms with van der Waals surface area (Å²) >= 11 is 0. The number of hydrogen-bond donors (Lipinski definition) is 8. The van der Waals surface area contributed by atoms with Gasteiger partial charge in [0.15, 0.2) is 0 Å². The maximum absolute atomic E-state index is 12.2. The van der Waals surface area contributed by atoms with Gasteiger partial charge in [-0.15, -0.1) is 0 Å². The Labute approximate surface area is 217 Å². The molecule has 2 aromatic rings. The molecule has 0 aromatic heterocycles. The van der Waals surface area contributed by atoms with Gasteiger partial charge in [-0.2, -0.15) is 0 Å². The van der Waals surface area contributed by atoms with Gasteiger partial charge in [-0.3, -0.25) is 21.7 Å². The highest BCUT2D eigenvalue weighted by molar-refractivity contribution is 5.76. The molecule has 10 nitrogen and oxygen atoms in total. The number of benzene rings is 2. The maximum Gasteiger partial charge on any atom is 0.333 e. The van der Waals surface area contributed by atoms with Crippen LogP contribution in [0, 0.1) is 11.8 Å². The molecular formula is C27H38N6O4. The Kier molecular flexibility index (Phi) is 9.18. The standard InChI is InChI=1S/C27H38N6O4/c34-24-5-1-3-22(16-24)30-32-26(36)28-20-11-7-18(8-12-20)15-19-9-13-21(14-10-19)29-27(37)33-31-23-4-2-6-25(35)17-23/h1-6,16-21,30-31,34-35H,7-15H2,(H2,28,32,36)(H2,29,33,37). The third kappa shape index (κ3) is 8.66. The van der Waals surface area contributed by atoms with E-state index in [1.54, 1.807) is 48.5 Å². The van der Waals surface area contributed by atoms with Gasteiger partial charge < -0.3 is 20.8 Å². The van der Waals surface area contributed by atoms with Gasteiger partial charge in [-0.1, -0.05) is 12.1 Å². The number of hydrogen-bond acceptors (Lipinski definition) is 6. The first kappa shape index (κ1) is 26.2. The normalized spacial score (nSPS) is 23.4. The van der Waals surface area contributed by atoms with E-state index in [2.05, 4.69) is 32.3 Å². The number of phenolic OH excluding ortho intramolecular Hbond substituents is 2. The lowest BCUT2D eigenvalue weighted by atomic mass is 9.76. The van der Waals surface area contributed by atoms with Gasteiger partial charge in [0.2, 0.25) is 0 Å². The van der Waals surface area contributed by atoms with Crippen molar-refractivity contribution in [3.63, 3.8) is 0 Å². The molecule has 2 saturated carbocycles. The zero-order valence-electron chi connectivity index (χ0n) is 21.0. The third-order valence-corrected chi connectivity index (χ3v) is 7.36. The fourth-order valence-electron chi connectivity index (χ4n) is 5.42. The first-order valence-electron chi connectivity index (χ1n) is 13.2. The van der Waals surface area contributed by atoms with Crippen molar-refractivity contribution in [1.29, 1.82) is 0 Å². The molecule has 10 heteroatoms. The molecule has 8 N–H and O–H groups in total. The number of amides is 4. The number of anilines is 2. The van der Waals surface area contributed by atoms with Crippen LogP contribution < -0.4 is 32.3 Å². The molecule has 0 spiro atoms. The summed E-state index contributed by atoms with van der Waals surface area (Å²) in [6, 6.07) is 13.0. The number of rotatable bonds is 8. The minimum atomic E-state index is -0.265. The molecule has 2 aliphatic carbocycles. The molecule has 0 radical (unpaired) electrons. The summed E-state index contributed by atoms with van der Waals surface area (Å²) in [5.74, 6) is 1.66. The summed E-state index contributed by atoms with van der Waals surface area (Å²) in [6.45, 7) is 0. The quantitative estimate of drug-likeness (QED) is 0.244. The van der Waals surface area contributed by atoms with E-state index in [1.807, 2.05) is 0 Å². The average Bonchev–Trinajstić information content (AvgIpc) is 2.89. The topological polar surface area (TPSA) is 147 Å². The van der Waals surface area contributed by atoms with E-state index in [9.17, 15) is 19.8 Å². The van der Waals surface area contributed by atoms with Crippen LogP contribution in [0.15, 0.2) is 48.5 Å². The van der Waals surface area contributed by atoms with E-state index < -0.39 is 0 Å². The monoisotopic (exact) mass is 510 g/mol. The van der Waals surface area contributed by atoms with Crippen molar-refractivity contribution in [2.24, 2.45) is 11.8 Å². The number of carbonyl (C=O) groups excluding carboxylic acids is 2. The van der Waals surface area contributed by atoms with Crippen molar-refractivity contribution in [2.75, 3.05) is 10.9 Å². The van der Waals surface area contributed by atoms with Crippen LogP contribution >= 0.6 is 0 Å². The van der Waals surface area contributed by atoms with Crippen molar-refractivity contribution in [1.82, 2.24) is 21.5 Å². The van der Waals surface area contributed by atoms with Crippen LogP contribution in [0.4, 0.5) is 21.0 Å². The van der Waals surface area contributed by atoms with Gasteiger partial charge >= 0.3 is 12.1 Å². The van der Waals surface area contributed by atoms with Gasteiger partial charge in [-0.25, -0.2) is 9.59 Å². The number of phenols is 2. The SMILES string of the molecule is O=C(NNc1cccc(O)c1)NC1CCC(CC2CCC(NC(=O)NNc3cccc(O)c3)CC2)CC1. The third-order valence-electron chi connectivity index (χ3n) is 7.36. The second-order valence-electron chi connectivity index (χ2n) is 10.2. The molecule has 200 valence electrons. The number of aromatic hydroxyl groups is 2. The van der Waals surface area contributed by atoms with Crippen molar-refractivity contribution in [3.05, 3.63) is 48.5 Å². The smallest absolute Gasteiger partial charge is 0.333 e. The Morgan fingerprint density at radius 1 is 0.649 bits per heavy atom. The minimum Gasteiger partial charge on any atom is -0.508 e. The molecule has 2 aromatic carbocycles. The van der Waals surface area contributed by atoms with Crippen LogP contribution in [-0.4, -0.2) is 34.4 Å². The zero-order valence-corrected chi connectivity index (χ0v) is 21.0. The van der Waals surface area contributed by atoms with Gasteiger partial charge in [-0.05, 0) is 93.9 Å². The highest BCUT2D eigenvalue weighted by Crippen LogP contribution is 2.35. The summed E-state index contributed by atoms with van der Waals surface area (Å²) in [6.07, 6.45) is 9.61. The van der Waals surface area contributed by atoms with E-state index in [0.29, 0.717) is 23.2 Å². The number of nitrogens with one attached hydrogen (secondary N) is 6. The van der Waals surface area contributed by atoms with Crippen LogP contribution in [0.5, 0.6) is 11.5 Å². The van der Waals surface area contributed by atoms with E-state index >= 15 is 0 Å². The molecule has 0 atom stereocenters. The fourth-order valence-corrected chi connectivity index (χ4v) is 5.42. The van der Waals surface area contributed by atoms with E-state index in [4.69, 9.17) is 0 Å². The summed E-state index contributed by atoms with van der Waals surface area (Å²) in [5, 5.41) is 25.1. The Morgan fingerprint density at radius 2 is 1.05 bits per heavy atom. The molecule has 0 heterocycles. The largest absolute Gasteiger partial charge is 0.508 e. The Hall–Kier alpha value is -3.82. The summed E-state index contributed by atoms with van der Waals surface area (Å²) in [4.78, 5) is 24.4. The number of carbonyl (C=O) groups is 2. The first-order chi connectivity index (χ1) is 17.9. The molecule has 4 amide bonds. The average molecular weight is 511 g/mol. The van der Waals surface area contributed by atoms with Crippen LogP contribution in [0.3, 0.4) is 0 Å². The van der Waals surface area contributed by atoms with Crippen LogP contribution in [0.25, 0.3) is 0 Å². The van der Waals surface area contributed by atoms with E-state index in [-0.39, 0.29) is 35.6 Å². The van der Waals surface area contributed by atoms with Crippen molar-refractivity contribution >= 4 is 23.4 Å². The van der Waals surface area contributed by atoms with E-state index in [0.717, 1.165) is 51.4 Å². The molecule has 37 heavy (non-hydrogen) atoms. The Morgan fingerprint density at radius 3 is 1.43 bits per heavy atom. The highest BCUT2D eigenvalue weighted by Gasteiger charge is 2.28. The Balaban J connectivity index is 1.07. The Bertz CT molecular complexity index is 954. The lowest BCUT2D eigenvalue weighted by Gasteiger charge is -2.34. The molecule has 4 rings (SSSR count). The molecule has 0 aliphatic heterocycles. The molecule has 0 saturated heterocycles. The van der Waals surface area contributed by atoms with Crippen molar-refractivity contribution < 1.29 is 19.8 Å². The molecule has 0 unspecified atom stereocenters. The van der Waals surface area contributed by atoms with Crippen molar-refractivity contribution in [3.8, 4) is 11.5 Å². The lowest BCUT2D eigenvalue weighted by molar-refractivity contribution is 0.199. The van der Waals surface area contributed by atoms with Gasteiger partial charge in [0, 0.05) is 24.2 Å². The highest BCUT2D eigenvalue weighted by atomic mass is 16.3. The second-order valence-corrected chi connectivity index (χ2v) is 10.2. The first-order valence-corrected chi connectivity index (χ1v) is 13.2. The maximum atomic E-state index is 12.2. The number of urea groups is 2. The predicted molar refractivity (Wildman–Crippen MR) is 143 cm³/mol. The molecular weight excluding hydrogens is 472 g/mol. The van der Waals surface area contributed by atoms with Crippen LogP contribution in [0.2, 0.25) is 0 Å². The van der Waals surface area contributed by atoms with Crippen LogP contribution in [-0.2, 0) is 0 Å². The molecule has 0 bridgehead atoms. The lowest BCUT2D eigenvalue weighted by Crippen LogP contribution is -2.46. The van der Waals surface area contributed by atoms with Gasteiger partial charge in [0.25, 0.3) is 0 Å². The number of hydrazine groups is 2. The summed E-state index contributed by atoms with van der Waals surface area (Å²) in [7, 11) is 0. The van der Waals surface area contributed by atoms with E-state index in [1.165, 1.54) is 6.42 Å². The van der Waals surface area contributed by atoms with Crippen molar-refractivity contribution in [2.45, 2.75) is 69.9 Å². The minimum absolute atomic E-state index is 0.138. The van der Waals surface area contributed by atoms with Gasteiger partial charge in [0.05, 0.1) is 11.4 Å². The molecule has 2 fully saturated rings. The van der Waals surface area contributed by atoms with Crippen LogP contribution in [0.1, 0.15) is 57.8 Å². The predicted octanol–water partition coefficient (Wildman–Crippen LogP) is 4.56. The zero-order chi connectivity index (χ0) is 26.0. The fraction of sp³-hybridized carbons (Fsp3) is 0.481. The second kappa shape index (κ2) is 12.9. The summed E-state index contributed by atoms with van der Waals surface area (Å²) in [5.41, 5.74) is 12.1. The van der Waals surface area contributed by atoms with Gasteiger partial charge in [0.1, 0.15) is 11.5 Å². The summed E-state index contributed by atoms with van der Waals surface area (Å²) < 4.78 is 0.